The van der Waals surface area contributed by atoms with Crippen molar-refractivity contribution >= 4 is 11.1 Å². The highest BCUT2D eigenvalue weighted by atomic mass is 16.5. The van der Waals surface area contributed by atoms with Crippen LogP contribution in [0, 0.1) is 13.8 Å². The van der Waals surface area contributed by atoms with Crippen molar-refractivity contribution in [3.63, 3.8) is 0 Å². The molecule has 0 N–H and O–H groups in total. The van der Waals surface area contributed by atoms with Gasteiger partial charge in [0, 0.05) is 11.1 Å². The van der Waals surface area contributed by atoms with Gasteiger partial charge in [0.15, 0.2) is 0 Å². The van der Waals surface area contributed by atoms with Gasteiger partial charge in [-0.25, -0.2) is 0 Å². The van der Waals surface area contributed by atoms with E-state index in [-0.39, 0.29) is 0 Å². The molecule has 0 spiro atoms. The lowest BCUT2D eigenvalue weighted by molar-refractivity contribution is 0.364. The molecule has 1 aliphatic rings. The molecule has 0 aliphatic carbocycles. The lowest BCUT2D eigenvalue weighted by atomic mass is 9.87. The summed E-state index contributed by atoms with van der Waals surface area (Å²) in [4.78, 5) is 0. The first-order valence-electron chi connectivity index (χ1n) is 8.32. The van der Waals surface area contributed by atoms with Crippen LogP contribution in [0.4, 0.5) is 0 Å². The van der Waals surface area contributed by atoms with Gasteiger partial charge in [0.2, 0.25) is 0 Å². The van der Waals surface area contributed by atoms with Crippen molar-refractivity contribution in [3.8, 4) is 5.75 Å². The SMILES string of the molecule is Cc1ccc(C2=C(c3ccccc3)COc3cc(C)ccc32)cc1. The van der Waals surface area contributed by atoms with Gasteiger partial charge in [-0.2, -0.15) is 0 Å². The van der Waals surface area contributed by atoms with E-state index in [1.54, 1.807) is 0 Å². The van der Waals surface area contributed by atoms with Crippen LogP contribution in [0.15, 0.2) is 72.8 Å². The van der Waals surface area contributed by atoms with Crippen molar-refractivity contribution in [3.05, 3.63) is 101 Å². The van der Waals surface area contributed by atoms with Crippen LogP contribution in [-0.4, -0.2) is 6.61 Å². The van der Waals surface area contributed by atoms with Crippen LogP contribution in [0.25, 0.3) is 11.1 Å². The third kappa shape index (κ3) is 2.63. The Labute approximate surface area is 143 Å². The predicted molar refractivity (Wildman–Crippen MR) is 100 cm³/mol. The molecule has 3 aromatic rings. The Morgan fingerprint density at radius 3 is 2.17 bits per heavy atom. The van der Waals surface area contributed by atoms with Crippen LogP contribution in [-0.2, 0) is 0 Å². The van der Waals surface area contributed by atoms with Gasteiger partial charge in [-0.05, 0) is 42.2 Å². The molecule has 24 heavy (non-hydrogen) atoms. The molecule has 0 bridgehead atoms. The fourth-order valence-electron chi connectivity index (χ4n) is 3.26. The fourth-order valence-corrected chi connectivity index (χ4v) is 3.26. The lowest BCUT2D eigenvalue weighted by Gasteiger charge is -2.25. The second-order valence-corrected chi connectivity index (χ2v) is 6.37. The van der Waals surface area contributed by atoms with Crippen molar-refractivity contribution in [2.75, 3.05) is 6.61 Å². The third-order valence-electron chi connectivity index (χ3n) is 4.54. The molecule has 1 heterocycles. The summed E-state index contributed by atoms with van der Waals surface area (Å²) in [5.74, 6) is 0.977. The summed E-state index contributed by atoms with van der Waals surface area (Å²) in [5, 5.41) is 0. The van der Waals surface area contributed by atoms with Gasteiger partial charge in [0.25, 0.3) is 0 Å². The smallest absolute Gasteiger partial charge is 0.127 e. The van der Waals surface area contributed by atoms with E-state index >= 15 is 0 Å². The molecule has 118 valence electrons. The Balaban J connectivity index is 1.98. The number of rotatable bonds is 2. The first kappa shape index (κ1) is 14.8. The summed E-state index contributed by atoms with van der Waals surface area (Å²) in [7, 11) is 0. The Bertz CT molecular complexity index is 903. The largest absolute Gasteiger partial charge is 0.488 e. The summed E-state index contributed by atoms with van der Waals surface area (Å²) in [5.41, 5.74) is 8.66. The van der Waals surface area contributed by atoms with Crippen LogP contribution >= 0.6 is 0 Å². The van der Waals surface area contributed by atoms with Gasteiger partial charge in [0.05, 0.1) is 0 Å². The van der Waals surface area contributed by atoms with E-state index < -0.39 is 0 Å². The normalized spacial score (nSPS) is 13.4. The number of hydrogen-bond acceptors (Lipinski definition) is 1. The molecular formula is C23H20O. The molecule has 1 aliphatic heterocycles. The molecule has 0 aromatic heterocycles. The average molecular weight is 312 g/mol. The van der Waals surface area contributed by atoms with E-state index in [0.29, 0.717) is 6.61 Å². The monoisotopic (exact) mass is 312 g/mol. The quantitative estimate of drug-likeness (QED) is 0.593. The summed E-state index contributed by atoms with van der Waals surface area (Å²) < 4.78 is 6.09. The van der Waals surface area contributed by atoms with Gasteiger partial charge >= 0.3 is 0 Å². The number of aryl methyl sites for hydroxylation is 2. The standard InChI is InChI=1S/C23H20O/c1-16-8-11-19(12-9-16)23-20-13-10-17(2)14-22(20)24-15-21(23)18-6-4-3-5-7-18/h3-14H,15H2,1-2H3. The number of benzene rings is 3. The molecule has 0 unspecified atom stereocenters. The van der Waals surface area contributed by atoms with E-state index in [1.807, 2.05) is 0 Å². The van der Waals surface area contributed by atoms with Gasteiger partial charge in [0.1, 0.15) is 12.4 Å². The highest BCUT2D eigenvalue weighted by Crippen LogP contribution is 2.41. The first-order valence-corrected chi connectivity index (χ1v) is 8.32. The molecule has 4 rings (SSSR count). The van der Waals surface area contributed by atoms with Crippen LogP contribution in [0.1, 0.15) is 27.8 Å². The first-order chi connectivity index (χ1) is 11.7. The van der Waals surface area contributed by atoms with Crippen LogP contribution in [0.3, 0.4) is 0 Å². The molecule has 1 nitrogen and oxygen atoms in total. The van der Waals surface area contributed by atoms with E-state index in [0.717, 1.165) is 5.75 Å². The maximum atomic E-state index is 6.09. The molecule has 0 atom stereocenters. The van der Waals surface area contributed by atoms with Crippen molar-refractivity contribution in [2.45, 2.75) is 13.8 Å². The van der Waals surface area contributed by atoms with E-state index in [1.165, 1.54) is 39.0 Å². The van der Waals surface area contributed by atoms with Gasteiger partial charge in [-0.1, -0.05) is 72.3 Å². The lowest BCUT2D eigenvalue weighted by Crippen LogP contribution is -2.11. The number of fused-ring (bicyclic) bond motifs is 1. The zero-order valence-electron chi connectivity index (χ0n) is 14.0. The molecular weight excluding hydrogens is 292 g/mol. The fraction of sp³-hybridized carbons (Fsp3) is 0.130. The molecule has 1 heteroatoms. The van der Waals surface area contributed by atoms with Gasteiger partial charge in [-0.3, -0.25) is 0 Å². The Kier molecular flexibility index (Phi) is 3.70. The number of ether oxygens (including phenoxy) is 1. The van der Waals surface area contributed by atoms with E-state index in [4.69, 9.17) is 4.74 Å². The summed E-state index contributed by atoms with van der Waals surface area (Å²) in [6.07, 6.45) is 0. The second kappa shape index (κ2) is 6.01. The minimum absolute atomic E-state index is 0.601. The van der Waals surface area contributed by atoms with Crippen molar-refractivity contribution in [1.82, 2.24) is 0 Å². The minimum Gasteiger partial charge on any atom is -0.488 e. The Morgan fingerprint density at radius 1 is 0.708 bits per heavy atom. The van der Waals surface area contributed by atoms with Crippen molar-refractivity contribution < 1.29 is 4.74 Å². The molecule has 0 amide bonds. The van der Waals surface area contributed by atoms with Crippen LogP contribution < -0.4 is 4.74 Å². The van der Waals surface area contributed by atoms with Crippen LogP contribution in [0.5, 0.6) is 5.75 Å². The molecule has 0 saturated heterocycles. The van der Waals surface area contributed by atoms with Crippen molar-refractivity contribution in [2.24, 2.45) is 0 Å². The zero-order valence-corrected chi connectivity index (χ0v) is 14.0. The summed E-state index contributed by atoms with van der Waals surface area (Å²) in [6.45, 7) is 4.83. The minimum atomic E-state index is 0.601. The average Bonchev–Trinajstić information content (AvgIpc) is 2.62. The predicted octanol–water partition coefficient (Wildman–Crippen LogP) is 5.65. The Hall–Kier alpha value is -2.80. The second-order valence-electron chi connectivity index (χ2n) is 6.37. The third-order valence-corrected chi connectivity index (χ3v) is 4.54. The molecule has 3 aromatic carbocycles. The summed E-state index contributed by atoms with van der Waals surface area (Å²) >= 11 is 0. The van der Waals surface area contributed by atoms with Crippen LogP contribution in [0.2, 0.25) is 0 Å². The zero-order chi connectivity index (χ0) is 16.5. The maximum absolute atomic E-state index is 6.09. The molecule has 0 fully saturated rings. The van der Waals surface area contributed by atoms with E-state index in [9.17, 15) is 0 Å². The number of hydrogen-bond donors (Lipinski definition) is 0. The summed E-state index contributed by atoms with van der Waals surface area (Å²) in [6, 6.07) is 25.8. The molecule has 0 saturated carbocycles. The highest BCUT2D eigenvalue weighted by Gasteiger charge is 2.22. The van der Waals surface area contributed by atoms with Crippen molar-refractivity contribution in [1.29, 1.82) is 0 Å². The maximum Gasteiger partial charge on any atom is 0.127 e. The Morgan fingerprint density at radius 2 is 1.42 bits per heavy atom. The molecule has 0 radical (unpaired) electrons. The van der Waals surface area contributed by atoms with Gasteiger partial charge < -0.3 is 4.74 Å². The van der Waals surface area contributed by atoms with E-state index in [2.05, 4.69) is 86.6 Å². The highest BCUT2D eigenvalue weighted by molar-refractivity contribution is 6.01. The topological polar surface area (TPSA) is 9.23 Å². The van der Waals surface area contributed by atoms with Gasteiger partial charge in [-0.15, -0.1) is 0 Å².